The first-order valence-electron chi connectivity index (χ1n) is 10.5. The number of likely N-dealkylation sites (tertiary alicyclic amines) is 1. The lowest BCUT2D eigenvalue weighted by Crippen LogP contribution is -2.48. The lowest BCUT2D eigenvalue weighted by Gasteiger charge is -2.34. The van der Waals surface area contributed by atoms with Crippen molar-refractivity contribution in [1.29, 1.82) is 0 Å². The van der Waals surface area contributed by atoms with E-state index in [-0.39, 0.29) is 30.2 Å². The van der Waals surface area contributed by atoms with Gasteiger partial charge in [-0.2, -0.15) is 0 Å². The van der Waals surface area contributed by atoms with Gasteiger partial charge in [-0.25, -0.2) is 14.2 Å². The monoisotopic (exact) mass is 415 g/mol. The topological polar surface area (TPSA) is 70.5 Å². The Hall–Kier alpha value is -2.90. The van der Waals surface area contributed by atoms with Crippen LogP contribution in [0.2, 0.25) is 0 Å². The van der Waals surface area contributed by atoms with Crippen molar-refractivity contribution in [2.75, 3.05) is 26.2 Å². The summed E-state index contributed by atoms with van der Waals surface area (Å²) in [4.78, 5) is 32.7. The maximum absolute atomic E-state index is 14.5. The fourth-order valence-electron chi connectivity index (χ4n) is 3.85. The number of halogens is 1. The van der Waals surface area contributed by atoms with Crippen LogP contribution >= 0.6 is 0 Å². The molecule has 0 aliphatic carbocycles. The summed E-state index contributed by atoms with van der Waals surface area (Å²) in [5.41, 5.74) is 1.14. The molecule has 1 aliphatic heterocycles. The van der Waals surface area contributed by atoms with E-state index in [1.165, 1.54) is 6.07 Å². The summed E-state index contributed by atoms with van der Waals surface area (Å²) in [6, 6.07) is 5.00. The fraction of sp³-hybridized carbons (Fsp3) is 0.500. The molecule has 0 spiro atoms. The molecule has 3 amide bonds. The zero-order chi connectivity index (χ0) is 21.7. The van der Waals surface area contributed by atoms with Crippen LogP contribution in [-0.4, -0.2) is 57.5 Å². The minimum Gasteiger partial charge on any atom is -0.352 e. The first kappa shape index (κ1) is 21.8. The van der Waals surface area contributed by atoms with Gasteiger partial charge in [0.1, 0.15) is 11.6 Å². The number of urea groups is 1. The molecule has 1 N–H and O–H groups in total. The lowest BCUT2D eigenvalue weighted by molar-refractivity contribution is -0.126. The Balaban J connectivity index is 1.51. The Morgan fingerprint density at radius 1 is 1.23 bits per heavy atom. The molecule has 0 saturated carbocycles. The average Bonchev–Trinajstić information content (AvgIpc) is 3.18. The van der Waals surface area contributed by atoms with E-state index in [2.05, 4.69) is 10.3 Å². The Labute approximate surface area is 176 Å². The molecule has 162 valence electrons. The van der Waals surface area contributed by atoms with Gasteiger partial charge in [-0.05, 0) is 51.3 Å². The third-order valence-corrected chi connectivity index (χ3v) is 5.73. The van der Waals surface area contributed by atoms with Crippen molar-refractivity contribution >= 4 is 11.9 Å². The van der Waals surface area contributed by atoms with Gasteiger partial charge in [0.15, 0.2) is 0 Å². The van der Waals surface area contributed by atoms with Crippen LogP contribution in [0.15, 0.2) is 30.6 Å². The van der Waals surface area contributed by atoms with Gasteiger partial charge in [-0.1, -0.05) is 6.07 Å². The molecule has 1 aromatic carbocycles. The molecule has 0 atom stereocenters. The predicted octanol–water partition coefficient (Wildman–Crippen LogP) is 3.11. The van der Waals surface area contributed by atoms with Gasteiger partial charge in [0.2, 0.25) is 5.91 Å². The Morgan fingerprint density at radius 2 is 1.93 bits per heavy atom. The average molecular weight is 416 g/mol. The first-order valence-corrected chi connectivity index (χ1v) is 10.5. The standard InChI is InChI=1S/C22H30FN5O2/c1-4-26(5-2)22(30)27-11-8-18(9-12-27)21(29)25-15-17-6-7-20(19(23)14-17)28-13-10-24-16(28)3/h6-7,10,13-14,18H,4-5,8-9,11-12,15H2,1-3H3,(H,25,29). The van der Waals surface area contributed by atoms with E-state index in [1.54, 1.807) is 27.9 Å². The molecular formula is C22H30FN5O2. The molecule has 2 heterocycles. The summed E-state index contributed by atoms with van der Waals surface area (Å²) >= 11 is 0. The number of amides is 3. The van der Waals surface area contributed by atoms with Crippen LogP contribution in [0.3, 0.4) is 0 Å². The summed E-state index contributed by atoms with van der Waals surface area (Å²) in [6.07, 6.45) is 4.63. The Kier molecular flexibility index (Phi) is 7.07. The molecule has 1 fully saturated rings. The highest BCUT2D eigenvalue weighted by Crippen LogP contribution is 2.20. The van der Waals surface area contributed by atoms with E-state index >= 15 is 0 Å². The molecule has 7 nitrogen and oxygen atoms in total. The minimum atomic E-state index is -0.355. The zero-order valence-corrected chi connectivity index (χ0v) is 17.9. The van der Waals surface area contributed by atoms with E-state index < -0.39 is 0 Å². The maximum atomic E-state index is 14.5. The van der Waals surface area contributed by atoms with Crippen molar-refractivity contribution < 1.29 is 14.0 Å². The van der Waals surface area contributed by atoms with Crippen molar-refractivity contribution in [3.63, 3.8) is 0 Å². The van der Waals surface area contributed by atoms with Crippen LogP contribution in [0.1, 0.15) is 38.1 Å². The summed E-state index contributed by atoms with van der Waals surface area (Å²) in [7, 11) is 0. The zero-order valence-electron chi connectivity index (χ0n) is 17.9. The van der Waals surface area contributed by atoms with Crippen LogP contribution in [0.25, 0.3) is 5.69 Å². The van der Waals surface area contributed by atoms with Crippen molar-refractivity contribution in [3.05, 3.63) is 47.8 Å². The molecule has 1 aliphatic rings. The summed E-state index contributed by atoms with van der Waals surface area (Å²) < 4.78 is 16.2. The van der Waals surface area contributed by atoms with Gasteiger partial charge >= 0.3 is 6.03 Å². The summed E-state index contributed by atoms with van der Waals surface area (Å²) in [5, 5.41) is 2.91. The van der Waals surface area contributed by atoms with Crippen molar-refractivity contribution in [1.82, 2.24) is 24.7 Å². The van der Waals surface area contributed by atoms with Gasteiger partial charge in [0, 0.05) is 51.0 Å². The number of hydrogen-bond donors (Lipinski definition) is 1. The summed E-state index contributed by atoms with van der Waals surface area (Å²) in [6.45, 7) is 8.56. The number of nitrogens with one attached hydrogen (secondary N) is 1. The number of hydrogen-bond acceptors (Lipinski definition) is 3. The predicted molar refractivity (Wildman–Crippen MR) is 113 cm³/mol. The third kappa shape index (κ3) is 4.80. The number of aryl methyl sites for hydroxylation is 1. The molecule has 1 aromatic heterocycles. The quantitative estimate of drug-likeness (QED) is 0.788. The van der Waals surface area contributed by atoms with Crippen LogP contribution in [0.5, 0.6) is 0 Å². The molecule has 8 heteroatoms. The van der Waals surface area contributed by atoms with E-state index in [1.807, 2.05) is 31.7 Å². The highest BCUT2D eigenvalue weighted by molar-refractivity contribution is 5.79. The molecule has 3 rings (SSSR count). The maximum Gasteiger partial charge on any atom is 0.319 e. The van der Waals surface area contributed by atoms with E-state index in [0.29, 0.717) is 56.1 Å². The van der Waals surface area contributed by atoms with Crippen LogP contribution in [0.4, 0.5) is 9.18 Å². The van der Waals surface area contributed by atoms with Gasteiger partial charge in [-0.15, -0.1) is 0 Å². The number of carbonyl (C=O) groups excluding carboxylic acids is 2. The van der Waals surface area contributed by atoms with Gasteiger partial charge in [0.25, 0.3) is 0 Å². The second-order valence-electron chi connectivity index (χ2n) is 7.56. The van der Waals surface area contributed by atoms with Gasteiger partial charge in [0.05, 0.1) is 5.69 Å². The first-order chi connectivity index (χ1) is 14.4. The van der Waals surface area contributed by atoms with Gasteiger partial charge in [-0.3, -0.25) is 4.79 Å². The fourth-order valence-corrected chi connectivity index (χ4v) is 3.85. The largest absolute Gasteiger partial charge is 0.352 e. The molecule has 0 radical (unpaired) electrons. The van der Waals surface area contributed by atoms with Crippen LogP contribution in [-0.2, 0) is 11.3 Å². The molecule has 0 unspecified atom stereocenters. The van der Waals surface area contributed by atoms with Crippen molar-refractivity contribution in [2.45, 2.75) is 40.2 Å². The second kappa shape index (κ2) is 9.73. The molecular weight excluding hydrogens is 385 g/mol. The van der Waals surface area contributed by atoms with Crippen molar-refractivity contribution in [2.24, 2.45) is 5.92 Å². The molecule has 30 heavy (non-hydrogen) atoms. The van der Waals surface area contributed by atoms with Crippen LogP contribution < -0.4 is 5.32 Å². The number of carbonyl (C=O) groups is 2. The highest BCUT2D eigenvalue weighted by Gasteiger charge is 2.28. The van der Waals surface area contributed by atoms with Crippen molar-refractivity contribution in [3.8, 4) is 5.69 Å². The second-order valence-corrected chi connectivity index (χ2v) is 7.56. The SMILES string of the molecule is CCN(CC)C(=O)N1CCC(C(=O)NCc2ccc(-n3ccnc3C)c(F)c2)CC1. The number of benzene rings is 1. The highest BCUT2D eigenvalue weighted by atomic mass is 19.1. The lowest BCUT2D eigenvalue weighted by atomic mass is 9.96. The number of nitrogens with zero attached hydrogens (tertiary/aromatic N) is 4. The smallest absolute Gasteiger partial charge is 0.319 e. The normalized spacial score (nSPS) is 14.6. The van der Waals surface area contributed by atoms with E-state index in [4.69, 9.17) is 0 Å². The number of aromatic nitrogens is 2. The van der Waals surface area contributed by atoms with Crippen LogP contribution in [0, 0.1) is 18.7 Å². The van der Waals surface area contributed by atoms with Gasteiger partial charge < -0.3 is 19.7 Å². The molecule has 2 aromatic rings. The number of rotatable bonds is 6. The minimum absolute atomic E-state index is 0.0418. The van der Waals surface area contributed by atoms with E-state index in [0.717, 1.165) is 0 Å². The molecule has 0 bridgehead atoms. The Morgan fingerprint density at radius 3 is 2.50 bits per heavy atom. The Bertz CT molecular complexity index is 885. The summed E-state index contributed by atoms with van der Waals surface area (Å²) in [5.74, 6) is 0.190. The van der Waals surface area contributed by atoms with E-state index in [9.17, 15) is 14.0 Å². The number of imidazole rings is 1. The number of piperidine rings is 1. The molecule has 1 saturated heterocycles. The third-order valence-electron chi connectivity index (χ3n) is 5.73.